The van der Waals surface area contributed by atoms with Crippen LogP contribution < -0.4 is 0 Å². The molecule has 0 aromatic carbocycles. The van der Waals surface area contributed by atoms with Crippen LogP contribution in [0.4, 0.5) is 8.78 Å². The SMILES string of the molecule is OC(F)(F)CC1CC1. The van der Waals surface area contributed by atoms with Gasteiger partial charge < -0.3 is 5.11 Å². The maximum Gasteiger partial charge on any atom is 0.353 e. The summed E-state index contributed by atoms with van der Waals surface area (Å²) in [6, 6.07) is 0. The van der Waals surface area contributed by atoms with Gasteiger partial charge in [-0.1, -0.05) is 0 Å². The first kappa shape index (κ1) is 5.95. The van der Waals surface area contributed by atoms with Crippen molar-refractivity contribution in [2.75, 3.05) is 0 Å². The van der Waals surface area contributed by atoms with Crippen LogP contribution in [-0.4, -0.2) is 11.2 Å². The summed E-state index contributed by atoms with van der Waals surface area (Å²) in [5.74, 6) is 0.0926. The summed E-state index contributed by atoms with van der Waals surface area (Å²) in [5.41, 5.74) is 0. The van der Waals surface area contributed by atoms with E-state index in [1.807, 2.05) is 0 Å². The van der Waals surface area contributed by atoms with Gasteiger partial charge in [-0.3, -0.25) is 0 Å². The molecule has 1 N–H and O–H groups in total. The molecule has 48 valence electrons. The smallest absolute Gasteiger partial charge is 0.336 e. The Labute approximate surface area is 46.3 Å². The van der Waals surface area contributed by atoms with E-state index in [1.54, 1.807) is 0 Å². The molecular formula is C5H8F2O. The number of hydrogen-bond donors (Lipinski definition) is 1. The van der Waals surface area contributed by atoms with E-state index in [4.69, 9.17) is 5.11 Å². The zero-order valence-electron chi connectivity index (χ0n) is 4.40. The van der Waals surface area contributed by atoms with Crippen molar-refractivity contribution in [3.63, 3.8) is 0 Å². The predicted molar refractivity (Wildman–Crippen MR) is 24.5 cm³/mol. The topological polar surface area (TPSA) is 20.2 Å². The van der Waals surface area contributed by atoms with Gasteiger partial charge in [0.1, 0.15) is 0 Å². The van der Waals surface area contributed by atoms with Crippen LogP contribution in [0.1, 0.15) is 19.3 Å². The highest BCUT2D eigenvalue weighted by Gasteiger charge is 2.34. The van der Waals surface area contributed by atoms with E-state index in [9.17, 15) is 8.78 Å². The average molecular weight is 122 g/mol. The zero-order valence-corrected chi connectivity index (χ0v) is 4.40. The molecule has 0 heterocycles. The summed E-state index contributed by atoms with van der Waals surface area (Å²) in [6.07, 6.45) is -2.04. The summed E-state index contributed by atoms with van der Waals surface area (Å²) < 4.78 is 23.1. The second kappa shape index (κ2) is 1.65. The van der Waals surface area contributed by atoms with Gasteiger partial charge in [0.15, 0.2) is 0 Å². The summed E-state index contributed by atoms with van der Waals surface area (Å²) >= 11 is 0. The fourth-order valence-electron chi connectivity index (χ4n) is 0.669. The number of aliphatic hydroxyl groups is 1. The Hall–Kier alpha value is -0.180. The maximum atomic E-state index is 11.6. The number of rotatable bonds is 2. The van der Waals surface area contributed by atoms with Crippen molar-refractivity contribution in [2.45, 2.75) is 25.4 Å². The average Bonchev–Trinajstić information content (AvgIpc) is 2.12. The highest BCUT2D eigenvalue weighted by molar-refractivity contribution is 4.75. The molecule has 0 spiro atoms. The fourth-order valence-corrected chi connectivity index (χ4v) is 0.669. The molecule has 1 saturated carbocycles. The van der Waals surface area contributed by atoms with E-state index in [2.05, 4.69) is 0 Å². The van der Waals surface area contributed by atoms with E-state index in [0.29, 0.717) is 0 Å². The van der Waals surface area contributed by atoms with Gasteiger partial charge in [-0.25, -0.2) is 0 Å². The van der Waals surface area contributed by atoms with Crippen LogP contribution in [0.3, 0.4) is 0 Å². The van der Waals surface area contributed by atoms with Gasteiger partial charge in [-0.2, -0.15) is 8.78 Å². The highest BCUT2D eigenvalue weighted by atomic mass is 19.3. The first-order valence-electron chi connectivity index (χ1n) is 2.68. The molecule has 0 amide bonds. The van der Waals surface area contributed by atoms with Crippen molar-refractivity contribution in [1.29, 1.82) is 0 Å². The monoisotopic (exact) mass is 122 g/mol. The summed E-state index contributed by atoms with van der Waals surface area (Å²) in [7, 11) is 0. The lowest BCUT2D eigenvalue weighted by Crippen LogP contribution is -2.14. The first-order chi connectivity index (χ1) is 3.58. The van der Waals surface area contributed by atoms with Gasteiger partial charge in [0, 0.05) is 6.42 Å². The molecule has 1 rings (SSSR count). The molecule has 0 aromatic heterocycles. The standard InChI is InChI=1S/C5H8F2O/c6-5(7,8)3-4-1-2-4/h4,8H,1-3H2. The van der Waals surface area contributed by atoms with Crippen LogP contribution in [-0.2, 0) is 0 Å². The van der Waals surface area contributed by atoms with E-state index in [0.717, 1.165) is 12.8 Å². The third kappa shape index (κ3) is 2.21. The minimum atomic E-state index is -3.42. The molecule has 3 heteroatoms. The van der Waals surface area contributed by atoms with Crippen molar-refractivity contribution < 1.29 is 13.9 Å². The molecule has 8 heavy (non-hydrogen) atoms. The van der Waals surface area contributed by atoms with Gasteiger partial charge in [0.25, 0.3) is 0 Å². The zero-order chi connectivity index (χ0) is 6.20. The van der Waals surface area contributed by atoms with E-state index < -0.39 is 6.11 Å². The van der Waals surface area contributed by atoms with E-state index >= 15 is 0 Å². The van der Waals surface area contributed by atoms with Crippen molar-refractivity contribution in [3.8, 4) is 0 Å². The Balaban J connectivity index is 2.16. The number of halogens is 2. The molecule has 0 aromatic rings. The Morgan fingerprint density at radius 3 is 2.12 bits per heavy atom. The minimum Gasteiger partial charge on any atom is -0.336 e. The van der Waals surface area contributed by atoms with Gasteiger partial charge >= 0.3 is 6.11 Å². The molecule has 0 saturated heterocycles. The Bertz CT molecular complexity index is 82.9. The molecule has 0 atom stereocenters. The lowest BCUT2D eigenvalue weighted by molar-refractivity contribution is -0.205. The van der Waals surface area contributed by atoms with E-state index in [-0.39, 0.29) is 12.3 Å². The minimum absolute atomic E-state index is 0.0926. The number of alkyl halides is 2. The largest absolute Gasteiger partial charge is 0.353 e. The van der Waals surface area contributed by atoms with Crippen LogP contribution in [0, 0.1) is 5.92 Å². The Kier molecular flexibility index (Phi) is 1.23. The van der Waals surface area contributed by atoms with Crippen molar-refractivity contribution in [2.24, 2.45) is 5.92 Å². The predicted octanol–water partition coefficient (Wildman–Crippen LogP) is 1.37. The lowest BCUT2D eigenvalue weighted by atomic mass is 10.3. The third-order valence-corrected chi connectivity index (χ3v) is 1.23. The van der Waals surface area contributed by atoms with Crippen LogP contribution in [0.5, 0.6) is 0 Å². The van der Waals surface area contributed by atoms with Crippen LogP contribution in [0.25, 0.3) is 0 Å². The molecule has 0 bridgehead atoms. The van der Waals surface area contributed by atoms with Crippen LogP contribution >= 0.6 is 0 Å². The molecule has 1 nitrogen and oxygen atoms in total. The lowest BCUT2D eigenvalue weighted by Gasteiger charge is -2.04. The third-order valence-electron chi connectivity index (χ3n) is 1.23. The summed E-state index contributed by atoms with van der Waals surface area (Å²) in [5, 5.41) is 7.89. The second-order valence-electron chi connectivity index (χ2n) is 2.31. The summed E-state index contributed by atoms with van der Waals surface area (Å²) in [6.45, 7) is 0. The highest BCUT2D eigenvalue weighted by Crippen LogP contribution is 2.37. The quantitative estimate of drug-likeness (QED) is 0.586. The van der Waals surface area contributed by atoms with Gasteiger partial charge in [-0.15, -0.1) is 0 Å². The molecule has 1 aliphatic rings. The molecular weight excluding hydrogens is 114 g/mol. The van der Waals surface area contributed by atoms with Crippen molar-refractivity contribution in [1.82, 2.24) is 0 Å². The van der Waals surface area contributed by atoms with Crippen LogP contribution in [0.15, 0.2) is 0 Å². The van der Waals surface area contributed by atoms with E-state index in [1.165, 1.54) is 0 Å². The van der Waals surface area contributed by atoms with Crippen molar-refractivity contribution in [3.05, 3.63) is 0 Å². The maximum absolute atomic E-state index is 11.6. The fraction of sp³-hybridized carbons (Fsp3) is 1.00. The summed E-state index contributed by atoms with van der Waals surface area (Å²) in [4.78, 5) is 0. The number of hydrogen-bond acceptors (Lipinski definition) is 1. The Morgan fingerprint density at radius 2 is 2.00 bits per heavy atom. The Morgan fingerprint density at radius 1 is 1.50 bits per heavy atom. The molecule has 1 aliphatic carbocycles. The molecule has 0 aliphatic heterocycles. The van der Waals surface area contributed by atoms with Crippen molar-refractivity contribution >= 4 is 0 Å². The second-order valence-corrected chi connectivity index (χ2v) is 2.31. The van der Waals surface area contributed by atoms with Gasteiger partial charge in [0.2, 0.25) is 0 Å². The van der Waals surface area contributed by atoms with Gasteiger partial charge in [-0.05, 0) is 18.8 Å². The molecule has 0 unspecified atom stereocenters. The first-order valence-corrected chi connectivity index (χ1v) is 2.68. The van der Waals surface area contributed by atoms with Crippen LogP contribution in [0.2, 0.25) is 0 Å². The van der Waals surface area contributed by atoms with Gasteiger partial charge in [0.05, 0.1) is 0 Å². The normalized spacial score (nSPS) is 21.4. The molecule has 1 fully saturated rings. The molecule has 0 radical (unpaired) electrons.